The van der Waals surface area contributed by atoms with Crippen molar-refractivity contribution in [2.24, 2.45) is 0 Å². The lowest BCUT2D eigenvalue weighted by Crippen LogP contribution is -2.42. The highest BCUT2D eigenvalue weighted by Gasteiger charge is 2.31. The highest BCUT2D eigenvalue weighted by atomic mass is 35.5. The number of nitrogens with one attached hydrogen (secondary N) is 1. The number of likely N-dealkylation sites (tertiary alicyclic amines) is 1. The van der Waals surface area contributed by atoms with Gasteiger partial charge in [-0.25, -0.2) is 14.8 Å². The van der Waals surface area contributed by atoms with E-state index in [1.807, 2.05) is 20.8 Å². The van der Waals surface area contributed by atoms with Gasteiger partial charge in [-0.05, 0) is 51.3 Å². The Bertz CT molecular complexity index is 504. The van der Waals surface area contributed by atoms with E-state index in [9.17, 15) is 4.79 Å². The average molecular weight is 313 g/mol. The number of hydrogen-bond donors (Lipinski definition) is 1. The molecule has 1 aliphatic rings. The smallest absolute Gasteiger partial charge is 0.410 e. The molecule has 7 heteroatoms. The summed E-state index contributed by atoms with van der Waals surface area (Å²) in [5.41, 5.74) is -0.474. The zero-order chi connectivity index (χ0) is 15.5. The Balaban J connectivity index is 1.91. The standard InChI is InChI=1S/C14H21ClN4O2/c1-14(2,3)21-13(20)19-8-4-5-10(19)9-17-11-6-7-16-12(15)18-11/h6-7,10H,4-5,8-9H2,1-3H3,(H,16,17,18)/t10-/m1/s1. The predicted octanol–water partition coefficient (Wildman–Crippen LogP) is 2.94. The minimum absolute atomic E-state index is 0.105. The van der Waals surface area contributed by atoms with Gasteiger partial charge in [0.25, 0.3) is 0 Å². The first-order valence-electron chi connectivity index (χ1n) is 7.07. The van der Waals surface area contributed by atoms with Gasteiger partial charge in [-0.1, -0.05) is 0 Å². The Labute approximate surface area is 129 Å². The van der Waals surface area contributed by atoms with E-state index in [0.29, 0.717) is 12.4 Å². The van der Waals surface area contributed by atoms with Gasteiger partial charge in [0, 0.05) is 19.3 Å². The second-order valence-electron chi connectivity index (χ2n) is 6.06. The second-order valence-corrected chi connectivity index (χ2v) is 6.40. The molecule has 0 bridgehead atoms. The summed E-state index contributed by atoms with van der Waals surface area (Å²) in [6.45, 7) is 6.96. The van der Waals surface area contributed by atoms with Gasteiger partial charge in [0.15, 0.2) is 0 Å². The van der Waals surface area contributed by atoms with Crippen molar-refractivity contribution in [1.82, 2.24) is 14.9 Å². The van der Waals surface area contributed by atoms with Crippen LogP contribution in [-0.4, -0.2) is 45.7 Å². The molecular formula is C14H21ClN4O2. The molecular weight excluding hydrogens is 292 g/mol. The summed E-state index contributed by atoms with van der Waals surface area (Å²) < 4.78 is 5.44. The van der Waals surface area contributed by atoms with E-state index in [2.05, 4.69) is 15.3 Å². The van der Waals surface area contributed by atoms with Gasteiger partial charge in [0.05, 0.1) is 6.04 Å². The van der Waals surface area contributed by atoms with E-state index in [1.54, 1.807) is 17.2 Å². The van der Waals surface area contributed by atoms with Crippen molar-refractivity contribution in [2.75, 3.05) is 18.4 Å². The Morgan fingerprint density at radius 1 is 1.57 bits per heavy atom. The van der Waals surface area contributed by atoms with Crippen LogP contribution in [0.15, 0.2) is 12.3 Å². The van der Waals surface area contributed by atoms with E-state index >= 15 is 0 Å². The summed E-state index contributed by atoms with van der Waals surface area (Å²) in [7, 11) is 0. The van der Waals surface area contributed by atoms with Crippen LogP contribution in [0.2, 0.25) is 5.28 Å². The zero-order valence-corrected chi connectivity index (χ0v) is 13.4. The quantitative estimate of drug-likeness (QED) is 0.869. The van der Waals surface area contributed by atoms with Crippen LogP contribution in [-0.2, 0) is 4.74 Å². The van der Waals surface area contributed by atoms with Gasteiger partial charge in [0.1, 0.15) is 11.4 Å². The van der Waals surface area contributed by atoms with Crippen molar-refractivity contribution >= 4 is 23.5 Å². The first-order chi connectivity index (χ1) is 9.85. The number of carbonyl (C=O) groups is 1. The third-order valence-electron chi connectivity index (χ3n) is 3.15. The van der Waals surface area contributed by atoms with Crippen molar-refractivity contribution in [3.05, 3.63) is 17.5 Å². The third kappa shape index (κ3) is 4.74. The van der Waals surface area contributed by atoms with Crippen LogP contribution in [0.3, 0.4) is 0 Å². The lowest BCUT2D eigenvalue weighted by Gasteiger charge is -2.28. The van der Waals surface area contributed by atoms with Crippen molar-refractivity contribution in [1.29, 1.82) is 0 Å². The van der Waals surface area contributed by atoms with Crippen molar-refractivity contribution < 1.29 is 9.53 Å². The van der Waals surface area contributed by atoms with Crippen LogP contribution in [0.1, 0.15) is 33.6 Å². The average Bonchev–Trinajstić information content (AvgIpc) is 2.83. The third-order valence-corrected chi connectivity index (χ3v) is 3.33. The van der Waals surface area contributed by atoms with Gasteiger partial charge in [-0.2, -0.15) is 0 Å². The molecule has 1 amide bonds. The molecule has 0 spiro atoms. The Kier molecular flexibility index (Phi) is 4.88. The molecule has 0 aromatic carbocycles. The number of anilines is 1. The second kappa shape index (κ2) is 6.47. The SMILES string of the molecule is CC(C)(C)OC(=O)N1CCC[C@@H]1CNc1ccnc(Cl)n1. The van der Waals surface area contributed by atoms with Crippen LogP contribution in [0.5, 0.6) is 0 Å². The molecule has 116 valence electrons. The molecule has 1 saturated heterocycles. The van der Waals surface area contributed by atoms with Crippen LogP contribution < -0.4 is 5.32 Å². The highest BCUT2D eigenvalue weighted by molar-refractivity contribution is 6.28. The number of carbonyl (C=O) groups excluding carboxylic acids is 1. The fraction of sp³-hybridized carbons (Fsp3) is 0.643. The molecule has 0 aliphatic carbocycles. The predicted molar refractivity (Wildman–Crippen MR) is 81.5 cm³/mol. The summed E-state index contributed by atoms with van der Waals surface area (Å²) in [5, 5.41) is 3.39. The summed E-state index contributed by atoms with van der Waals surface area (Å²) in [5.74, 6) is 0.658. The van der Waals surface area contributed by atoms with Crippen LogP contribution in [0.4, 0.5) is 10.6 Å². The van der Waals surface area contributed by atoms with E-state index in [1.165, 1.54) is 0 Å². The normalized spacial score (nSPS) is 18.7. The highest BCUT2D eigenvalue weighted by Crippen LogP contribution is 2.21. The van der Waals surface area contributed by atoms with E-state index < -0.39 is 5.60 Å². The molecule has 0 unspecified atom stereocenters. The summed E-state index contributed by atoms with van der Waals surface area (Å²) >= 11 is 5.75. The Morgan fingerprint density at radius 2 is 2.33 bits per heavy atom. The van der Waals surface area contributed by atoms with Gasteiger partial charge >= 0.3 is 6.09 Å². The molecule has 6 nitrogen and oxygen atoms in total. The van der Waals surface area contributed by atoms with Crippen molar-refractivity contribution in [3.63, 3.8) is 0 Å². The summed E-state index contributed by atoms with van der Waals surface area (Å²) in [4.78, 5) is 21.8. The van der Waals surface area contributed by atoms with Gasteiger partial charge in [-0.15, -0.1) is 0 Å². The number of nitrogens with zero attached hydrogens (tertiary/aromatic N) is 3. The first-order valence-corrected chi connectivity index (χ1v) is 7.45. The van der Waals surface area contributed by atoms with Crippen molar-refractivity contribution in [3.8, 4) is 0 Å². The molecule has 21 heavy (non-hydrogen) atoms. The maximum absolute atomic E-state index is 12.2. The number of rotatable bonds is 3. The minimum atomic E-state index is -0.474. The van der Waals surface area contributed by atoms with Crippen molar-refractivity contribution in [2.45, 2.75) is 45.3 Å². The van der Waals surface area contributed by atoms with Gasteiger partial charge in [-0.3, -0.25) is 0 Å². The lowest BCUT2D eigenvalue weighted by atomic mass is 10.2. The van der Waals surface area contributed by atoms with Crippen LogP contribution in [0, 0.1) is 0 Å². The first kappa shape index (κ1) is 15.8. The molecule has 0 radical (unpaired) electrons. The molecule has 1 aliphatic heterocycles. The summed E-state index contributed by atoms with van der Waals surface area (Å²) in [6, 6.07) is 1.85. The molecule has 1 N–H and O–H groups in total. The molecule has 1 fully saturated rings. The van der Waals surface area contributed by atoms with E-state index in [0.717, 1.165) is 19.4 Å². The fourth-order valence-electron chi connectivity index (χ4n) is 2.26. The van der Waals surface area contributed by atoms with Gasteiger partial charge in [0.2, 0.25) is 5.28 Å². The summed E-state index contributed by atoms with van der Waals surface area (Å²) in [6.07, 6.45) is 3.27. The molecule has 1 aromatic rings. The molecule has 2 rings (SSSR count). The van der Waals surface area contributed by atoms with Gasteiger partial charge < -0.3 is 15.0 Å². The lowest BCUT2D eigenvalue weighted by molar-refractivity contribution is 0.0235. The molecule has 1 atom stereocenters. The number of hydrogen-bond acceptors (Lipinski definition) is 5. The Hall–Kier alpha value is -1.56. The largest absolute Gasteiger partial charge is 0.444 e. The monoisotopic (exact) mass is 312 g/mol. The maximum Gasteiger partial charge on any atom is 0.410 e. The topological polar surface area (TPSA) is 67.3 Å². The van der Waals surface area contributed by atoms with Crippen LogP contribution in [0.25, 0.3) is 0 Å². The fourth-order valence-corrected chi connectivity index (χ4v) is 2.41. The zero-order valence-electron chi connectivity index (χ0n) is 12.6. The number of amides is 1. The maximum atomic E-state index is 12.2. The minimum Gasteiger partial charge on any atom is -0.444 e. The molecule has 0 saturated carbocycles. The van der Waals surface area contributed by atoms with E-state index in [-0.39, 0.29) is 17.4 Å². The molecule has 1 aromatic heterocycles. The molecule has 2 heterocycles. The van der Waals surface area contributed by atoms with Crippen LogP contribution >= 0.6 is 11.6 Å². The van der Waals surface area contributed by atoms with E-state index in [4.69, 9.17) is 16.3 Å². The Morgan fingerprint density at radius 3 is 3.00 bits per heavy atom. The number of aromatic nitrogens is 2. The number of ether oxygens (including phenoxy) is 1. The number of halogens is 1.